The van der Waals surface area contributed by atoms with Crippen molar-refractivity contribution in [2.75, 3.05) is 18.9 Å². The van der Waals surface area contributed by atoms with Gasteiger partial charge in [-0.15, -0.1) is 0 Å². The Balaban J connectivity index is 2.08. The van der Waals surface area contributed by atoms with E-state index in [-0.39, 0.29) is 17.1 Å². The molecular weight excluding hydrogens is 507 g/mol. The van der Waals surface area contributed by atoms with Gasteiger partial charge in [-0.25, -0.2) is 18.7 Å². The lowest BCUT2D eigenvalue weighted by Gasteiger charge is -2.23. The Hall–Kier alpha value is -1.56. The second kappa shape index (κ2) is 10.1. The average molecular weight is 525 g/mol. The quantitative estimate of drug-likeness (QED) is 0.136. The van der Waals surface area contributed by atoms with E-state index in [1.165, 1.54) is 0 Å². The van der Waals surface area contributed by atoms with E-state index in [0.29, 0.717) is 0 Å². The smallest absolute Gasteiger partial charge is 0.394 e. The Morgan fingerprint density at radius 2 is 1.81 bits per heavy atom. The number of aromatic amines is 1. The third kappa shape index (κ3) is 7.79. The van der Waals surface area contributed by atoms with Gasteiger partial charge < -0.3 is 40.3 Å². The molecule has 0 amide bonds. The molecule has 4 atom stereocenters. The highest BCUT2D eigenvalue weighted by Gasteiger charge is 2.41. The molecule has 2 heterocycles. The molecule has 2 aromatic rings. The normalized spacial score (nSPS) is 18.2. The number of hydrogen-bond acceptors (Lipinski definition) is 13. The molecule has 0 aliphatic rings. The second-order valence-corrected chi connectivity index (χ2v) is 10.2. The number of ether oxygens (including phenoxy) is 1. The zero-order chi connectivity index (χ0) is 24.3. The van der Waals surface area contributed by atoms with Crippen molar-refractivity contribution in [3.05, 3.63) is 16.7 Å². The van der Waals surface area contributed by atoms with Gasteiger partial charge in [0.2, 0.25) is 5.95 Å². The molecule has 2 aromatic heterocycles. The molecule has 0 aromatic carbocycles. The van der Waals surface area contributed by atoms with Crippen LogP contribution in [-0.2, 0) is 38.3 Å². The first kappa shape index (κ1) is 26.7. The van der Waals surface area contributed by atoms with Crippen LogP contribution >= 0.6 is 23.5 Å². The van der Waals surface area contributed by atoms with E-state index in [9.17, 15) is 28.5 Å². The summed E-state index contributed by atoms with van der Waals surface area (Å²) < 4.78 is 51.6. The molecule has 9 N–H and O–H groups in total. The van der Waals surface area contributed by atoms with E-state index in [4.69, 9.17) is 30.3 Å². The van der Waals surface area contributed by atoms with Crippen molar-refractivity contribution < 1.29 is 61.4 Å². The number of fused-ring (bicyclic) bond motifs is 1. The number of nitrogens with zero attached hydrogens (tertiary/aromatic N) is 3. The number of nitrogens with one attached hydrogen (secondary N) is 1. The highest BCUT2D eigenvalue weighted by atomic mass is 31.3. The molecule has 182 valence electrons. The maximum Gasteiger partial charge on any atom is 0.490 e. The molecule has 0 bridgehead atoms. The molecule has 22 heteroatoms. The number of aliphatic hydroxyl groups is 2. The molecule has 32 heavy (non-hydrogen) atoms. The van der Waals surface area contributed by atoms with E-state index in [2.05, 4.69) is 28.1 Å². The Morgan fingerprint density at radius 3 is 2.41 bits per heavy atom. The zero-order valence-corrected chi connectivity index (χ0v) is 18.2. The van der Waals surface area contributed by atoms with Crippen molar-refractivity contribution in [1.29, 1.82) is 0 Å². The van der Waals surface area contributed by atoms with E-state index in [1.54, 1.807) is 0 Å². The lowest BCUT2D eigenvalue weighted by atomic mass is 10.2. The first-order valence-corrected chi connectivity index (χ1v) is 12.5. The summed E-state index contributed by atoms with van der Waals surface area (Å²) in [5.74, 6) is -0.233. The minimum atomic E-state index is -5.74. The van der Waals surface area contributed by atoms with Gasteiger partial charge in [0.25, 0.3) is 5.56 Å². The SMILES string of the molecule is Nc1nc2c(ncn2CO[C@H](COP(=O)(O)OP(=O)(O)OP(=O)(O)O)C(O)CO)c(=O)[nH]1. The maximum atomic E-state index is 11.8. The van der Waals surface area contributed by atoms with Crippen LogP contribution in [0.4, 0.5) is 5.95 Å². The van der Waals surface area contributed by atoms with E-state index < -0.39 is 61.2 Å². The number of H-pyrrole nitrogens is 1. The summed E-state index contributed by atoms with van der Waals surface area (Å²) in [4.78, 5) is 57.2. The Bertz CT molecular complexity index is 1140. The van der Waals surface area contributed by atoms with Crippen LogP contribution in [0.5, 0.6) is 0 Å². The van der Waals surface area contributed by atoms with Crippen LogP contribution in [0.2, 0.25) is 0 Å². The van der Waals surface area contributed by atoms with Crippen LogP contribution < -0.4 is 11.3 Å². The molecule has 0 saturated carbocycles. The fourth-order valence-electron chi connectivity index (χ4n) is 2.10. The largest absolute Gasteiger partial charge is 0.490 e. The summed E-state index contributed by atoms with van der Waals surface area (Å²) >= 11 is 0. The van der Waals surface area contributed by atoms with Gasteiger partial charge in [-0.05, 0) is 0 Å². The average Bonchev–Trinajstić information content (AvgIpc) is 3.01. The van der Waals surface area contributed by atoms with Gasteiger partial charge in [0.15, 0.2) is 11.2 Å². The number of hydrogen-bond donors (Lipinski definition) is 8. The number of nitrogen functional groups attached to an aromatic ring is 1. The molecular formula is C10H18N5O14P3. The van der Waals surface area contributed by atoms with E-state index in [0.717, 1.165) is 10.9 Å². The maximum absolute atomic E-state index is 11.8. The summed E-state index contributed by atoms with van der Waals surface area (Å²) in [6.45, 7) is -2.44. The summed E-state index contributed by atoms with van der Waals surface area (Å²) in [5, 5.41) is 18.9. The van der Waals surface area contributed by atoms with Crippen molar-refractivity contribution in [2.24, 2.45) is 0 Å². The lowest BCUT2D eigenvalue weighted by molar-refractivity contribution is -0.0982. The number of aromatic nitrogens is 4. The topological polar surface area (TPSA) is 299 Å². The van der Waals surface area contributed by atoms with Gasteiger partial charge in [-0.3, -0.25) is 18.9 Å². The van der Waals surface area contributed by atoms with Crippen molar-refractivity contribution in [2.45, 2.75) is 18.9 Å². The van der Waals surface area contributed by atoms with Gasteiger partial charge in [0, 0.05) is 0 Å². The summed E-state index contributed by atoms with van der Waals surface area (Å²) in [7, 11) is -16.8. The molecule has 3 unspecified atom stereocenters. The minimum Gasteiger partial charge on any atom is -0.394 e. The number of aliphatic hydroxyl groups excluding tert-OH is 2. The zero-order valence-electron chi connectivity index (χ0n) is 15.6. The van der Waals surface area contributed by atoms with Crippen LogP contribution in [0.3, 0.4) is 0 Å². The molecule has 0 spiro atoms. The van der Waals surface area contributed by atoms with E-state index in [1.807, 2.05) is 0 Å². The standard InChI is InChI=1S/C10H18N5O14P3/c11-10-13-8-7(9(18)14-10)12-3-15(8)4-26-6(5(17)1-16)2-27-31(22,23)29-32(24,25)28-30(19,20)21/h3,5-6,16-17H,1-2,4H2,(H,22,23)(H,24,25)(H2,19,20,21)(H3,11,13,14,18)/t5?,6-/m1/s1. The van der Waals surface area contributed by atoms with Crippen LogP contribution in [0, 0.1) is 0 Å². The predicted molar refractivity (Wildman–Crippen MR) is 100 cm³/mol. The lowest BCUT2D eigenvalue weighted by Crippen LogP contribution is -2.36. The minimum absolute atomic E-state index is 0.0172. The second-order valence-electron chi connectivity index (χ2n) is 5.81. The van der Waals surface area contributed by atoms with Crippen molar-refractivity contribution in [1.82, 2.24) is 19.5 Å². The molecule has 0 aliphatic heterocycles. The third-order valence-electron chi connectivity index (χ3n) is 3.35. The van der Waals surface area contributed by atoms with Crippen LogP contribution in [-0.4, -0.2) is 74.7 Å². The molecule has 0 fully saturated rings. The molecule has 0 aliphatic carbocycles. The molecule has 0 saturated heterocycles. The van der Waals surface area contributed by atoms with E-state index >= 15 is 0 Å². The van der Waals surface area contributed by atoms with Crippen molar-refractivity contribution in [3.8, 4) is 0 Å². The fourth-order valence-corrected chi connectivity index (χ4v) is 5.13. The first-order chi connectivity index (χ1) is 14.6. The van der Waals surface area contributed by atoms with Crippen LogP contribution in [0.1, 0.15) is 0 Å². The van der Waals surface area contributed by atoms with Crippen LogP contribution in [0.25, 0.3) is 11.2 Å². The van der Waals surface area contributed by atoms with Crippen molar-refractivity contribution >= 4 is 40.6 Å². The van der Waals surface area contributed by atoms with Gasteiger partial charge in [0.05, 0.1) is 19.5 Å². The summed E-state index contributed by atoms with van der Waals surface area (Å²) in [6, 6.07) is 0. The Morgan fingerprint density at radius 1 is 1.16 bits per heavy atom. The van der Waals surface area contributed by atoms with Gasteiger partial charge in [0.1, 0.15) is 18.9 Å². The highest BCUT2D eigenvalue weighted by molar-refractivity contribution is 7.66. The van der Waals surface area contributed by atoms with Crippen molar-refractivity contribution in [3.63, 3.8) is 0 Å². The summed E-state index contributed by atoms with van der Waals surface area (Å²) in [6.07, 6.45) is -2.16. The van der Waals surface area contributed by atoms with Gasteiger partial charge in [-0.2, -0.15) is 13.6 Å². The number of nitrogens with two attached hydrogens (primary N) is 1. The first-order valence-electron chi connectivity index (χ1n) is 8.02. The Labute approximate surface area is 176 Å². The summed E-state index contributed by atoms with van der Waals surface area (Å²) in [5.41, 5.74) is 4.68. The number of phosphoric ester groups is 1. The Kier molecular flexibility index (Phi) is 8.46. The predicted octanol–water partition coefficient (Wildman–Crippen LogP) is -2.26. The highest BCUT2D eigenvalue weighted by Crippen LogP contribution is 2.66. The van der Waals surface area contributed by atoms with Gasteiger partial charge >= 0.3 is 23.5 Å². The molecule has 2 rings (SSSR count). The molecule has 19 nitrogen and oxygen atoms in total. The van der Waals surface area contributed by atoms with Crippen LogP contribution in [0.15, 0.2) is 11.1 Å². The molecule has 0 radical (unpaired) electrons. The number of rotatable bonds is 12. The number of phosphoric acid groups is 3. The number of anilines is 1. The van der Waals surface area contributed by atoms with Gasteiger partial charge in [-0.1, -0.05) is 0 Å². The monoisotopic (exact) mass is 525 g/mol. The third-order valence-corrected chi connectivity index (χ3v) is 7.16. The fraction of sp³-hybridized carbons (Fsp3) is 0.500. The number of imidazole rings is 1.